The molecule has 0 saturated heterocycles. The van der Waals surface area contributed by atoms with Gasteiger partial charge in [0.1, 0.15) is 17.5 Å². The van der Waals surface area contributed by atoms with Gasteiger partial charge in [-0.2, -0.15) is 5.10 Å². The van der Waals surface area contributed by atoms with Gasteiger partial charge in [-0.1, -0.05) is 0 Å². The number of hydrogen-bond acceptors (Lipinski definition) is 5. The van der Waals surface area contributed by atoms with E-state index in [4.69, 9.17) is 4.74 Å². The number of nitrogens with one attached hydrogen (secondary N) is 1. The van der Waals surface area contributed by atoms with E-state index in [2.05, 4.69) is 31.3 Å². The fourth-order valence-corrected chi connectivity index (χ4v) is 2.63. The van der Waals surface area contributed by atoms with E-state index < -0.39 is 17.3 Å². The predicted octanol–water partition coefficient (Wildman–Crippen LogP) is 2.88. The molecule has 2 aromatic rings. The molecule has 1 amide bonds. The molecule has 146 valence electrons. The highest BCUT2D eigenvalue weighted by atomic mass is 79.9. The van der Waals surface area contributed by atoms with Crippen LogP contribution in [0.5, 0.6) is 0 Å². The number of amides is 1. The van der Waals surface area contributed by atoms with Crippen molar-refractivity contribution < 1.29 is 13.9 Å². The lowest BCUT2D eigenvalue weighted by Crippen LogP contribution is -2.41. The van der Waals surface area contributed by atoms with E-state index in [1.807, 2.05) is 6.92 Å². The topological polar surface area (TPSA) is 91.0 Å². The van der Waals surface area contributed by atoms with E-state index >= 15 is 0 Å². The number of carbonyl (C=O) groups is 1. The fraction of sp³-hybridized carbons (Fsp3) is 0.412. The molecule has 2 heterocycles. The fourth-order valence-electron chi connectivity index (χ4n) is 2.18. The van der Waals surface area contributed by atoms with E-state index in [0.29, 0.717) is 16.6 Å². The first-order valence-electron chi connectivity index (χ1n) is 8.11. The molecule has 0 radical (unpaired) electrons. The smallest absolute Gasteiger partial charge is 0.407 e. The van der Waals surface area contributed by atoms with Crippen molar-refractivity contribution in [3.8, 4) is 5.69 Å². The summed E-state index contributed by atoms with van der Waals surface area (Å²) in [6.45, 7) is 6.78. The molecule has 0 aliphatic carbocycles. The summed E-state index contributed by atoms with van der Waals surface area (Å²) in [5, 5.41) is 6.59. The van der Waals surface area contributed by atoms with Gasteiger partial charge in [0.05, 0.1) is 24.8 Å². The SMILES string of the molecule is Cc1cc(Br)ncc1-n1cnn(C/C(=C\F)COC(=O)NC(C)(C)C)c1=O. The lowest BCUT2D eigenvalue weighted by molar-refractivity contribution is 0.145. The van der Waals surface area contributed by atoms with Gasteiger partial charge in [-0.05, 0) is 55.3 Å². The average molecular weight is 442 g/mol. The van der Waals surface area contributed by atoms with Crippen molar-refractivity contribution in [2.45, 2.75) is 39.8 Å². The lowest BCUT2D eigenvalue weighted by atomic mass is 10.1. The second kappa shape index (κ2) is 8.47. The third-order valence-corrected chi connectivity index (χ3v) is 3.85. The van der Waals surface area contributed by atoms with Gasteiger partial charge >= 0.3 is 11.8 Å². The van der Waals surface area contributed by atoms with Crippen molar-refractivity contribution >= 4 is 22.0 Å². The number of hydrogen-bond donors (Lipinski definition) is 1. The van der Waals surface area contributed by atoms with Crippen LogP contribution in [-0.4, -0.2) is 37.6 Å². The minimum atomic E-state index is -0.670. The van der Waals surface area contributed by atoms with Gasteiger partial charge in [-0.3, -0.25) is 0 Å². The van der Waals surface area contributed by atoms with Crippen molar-refractivity contribution in [3.63, 3.8) is 0 Å². The number of ether oxygens (including phenoxy) is 1. The van der Waals surface area contributed by atoms with Crippen molar-refractivity contribution in [1.82, 2.24) is 24.6 Å². The average Bonchev–Trinajstić information content (AvgIpc) is 2.90. The summed E-state index contributed by atoms with van der Waals surface area (Å²) < 4.78 is 21.2. The highest BCUT2D eigenvalue weighted by molar-refractivity contribution is 9.10. The lowest BCUT2D eigenvalue weighted by Gasteiger charge is -2.20. The minimum Gasteiger partial charge on any atom is -0.445 e. The summed E-state index contributed by atoms with van der Waals surface area (Å²) in [6.07, 6.45) is 2.51. The molecule has 0 fully saturated rings. The van der Waals surface area contributed by atoms with Crippen molar-refractivity contribution in [1.29, 1.82) is 0 Å². The Morgan fingerprint density at radius 2 is 2.15 bits per heavy atom. The zero-order valence-electron chi connectivity index (χ0n) is 15.5. The van der Waals surface area contributed by atoms with Crippen LogP contribution in [0.25, 0.3) is 5.69 Å². The number of aryl methyl sites for hydroxylation is 1. The molecule has 0 atom stereocenters. The zero-order chi connectivity index (χ0) is 20.2. The number of nitrogens with zero attached hydrogens (tertiary/aromatic N) is 4. The Balaban J connectivity index is 2.10. The predicted molar refractivity (Wildman–Crippen MR) is 101 cm³/mol. The zero-order valence-corrected chi connectivity index (χ0v) is 17.1. The van der Waals surface area contributed by atoms with Gasteiger partial charge < -0.3 is 10.1 Å². The summed E-state index contributed by atoms with van der Waals surface area (Å²) >= 11 is 3.27. The number of alkyl carbamates (subject to hydrolysis) is 1. The Morgan fingerprint density at radius 3 is 2.74 bits per heavy atom. The van der Waals surface area contributed by atoms with E-state index in [9.17, 15) is 14.0 Å². The van der Waals surface area contributed by atoms with E-state index in [0.717, 1.165) is 10.2 Å². The van der Waals surface area contributed by atoms with Gasteiger partial charge in [0.25, 0.3) is 0 Å². The molecule has 10 heteroatoms. The summed E-state index contributed by atoms with van der Waals surface area (Å²) in [4.78, 5) is 28.3. The molecular weight excluding hydrogens is 421 g/mol. The molecule has 0 unspecified atom stereocenters. The maximum absolute atomic E-state index is 13.2. The van der Waals surface area contributed by atoms with E-state index in [1.165, 1.54) is 10.9 Å². The normalized spacial score (nSPS) is 12.1. The number of rotatable bonds is 5. The Hall–Kier alpha value is -2.49. The summed E-state index contributed by atoms with van der Waals surface area (Å²) in [7, 11) is 0. The van der Waals surface area contributed by atoms with Crippen LogP contribution >= 0.6 is 15.9 Å². The molecule has 0 aliphatic rings. The first-order chi connectivity index (χ1) is 12.6. The Bertz CT molecular complexity index is 914. The molecule has 27 heavy (non-hydrogen) atoms. The van der Waals surface area contributed by atoms with Crippen LogP contribution in [0.4, 0.5) is 9.18 Å². The molecular formula is C17H21BrFN5O3. The molecule has 0 aliphatic heterocycles. The van der Waals surface area contributed by atoms with E-state index in [-0.39, 0.29) is 18.7 Å². The second-order valence-corrected chi connectivity index (χ2v) is 7.77. The third-order valence-electron chi connectivity index (χ3n) is 3.42. The largest absolute Gasteiger partial charge is 0.445 e. The Kier molecular flexibility index (Phi) is 6.53. The molecule has 8 nitrogen and oxygen atoms in total. The first-order valence-corrected chi connectivity index (χ1v) is 8.90. The summed E-state index contributed by atoms with van der Waals surface area (Å²) in [5.41, 5.74) is 0.559. The monoisotopic (exact) mass is 441 g/mol. The summed E-state index contributed by atoms with van der Waals surface area (Å²) in [6, 6.07) is 1.77. The molecule has 1 N–H and O–H groups in total. The highest BCUT2D eigenvalue weighted by Gasteiger charge is 2.16. The third kappa shape index (κ3) is 5.75. The van der Waals surface area contributed by atoms with Gasteiger partial charge in [0.2, 0.25) is 0 Å². The van der Waals surface area contributed by atoms with Crippen molar-refractivity contribution in [3.05, 3.63) is 51.1 Å². The molecule has 0 bridgehead atoms. The molecule has 0 saturated carbocycles. The second-order valence-electron chi connectivity index (χ2n) is 6.95. The number of halogens is 2. The van der Waals surface area contributed by atoms with Crippen molar-refractivity contribution in [2.24, 2.45) is 0 Å². The molecule has 2 rings (SSSR count). The quantitative estimate of drug-likeness (QED) is 0.720. The molecule has 0 aromatic carbocycles. The van der Waals surface area contributed by atoms with Crippen LogP contribution in [0.15, 0.2) is 39.9 Å². The van der Waals surface area contributed by atoms with Gasteiger partial charge in [-0.15, -0.1) is 0 Å². The Morgan fingerprint density at radius 1 is 1.44 bits per heavy atom. The van der Waals surface area contributed by atoms with Crippen LogP contribution in [0.3, 0.4) is 0 Å². The molecule has 0 spiro atoms. The van der Waals surface area contributed by atoms with Crippen LogP contribution < -0.4 is 11.0 Å². The van der Waals surface area contributed by atoms with Gasteiger partial charge in [0.15, 0.2) is 0 Å². The van der Waals surface area contributed by atoms with E-state index in [1.54, 1.807) is 33.0 Å². The first kappa shape index (κ1) is 20.8. The summed E-state index contributed by atoms with van der Waals surface area (Å²) in [5.74, 6) is 0. The number of aromatic nitrogens is 4. The van der Waals surface area contributed by atoms with Gasteiger partial charge in [-0.25, -0.2) is 28.2 Å². The van der Waals surface area contributed by atoms with Crippen LogP contribution in [0, 0.1) is 6.92 Å². The van der Waals surface area contributed by atoms with Crippen LogP contribution in [0.2, 0.25) is 0 Å². The minimum absolute atomic E-state index is 0.0945. The van der Waals surface area contributed by atoms with Crippen LogP contribution in [0.1, 0.15) is 26.3 Å². The standard InChI is InChI=1S/C17H21BrFN5O3/c1-11-5-14(18)20-7-13(11)23-10-21-24(16(23)26)8-12(6-19)9-27-15(25)22-17(2,3)4/h5-7,10H,8-9H2,1-4H3,(H,22,25)/b12-6+. The number of carbonyl (C=O) groups excluding carboxylic acids is 1. The maximum Gasteiger partial charge on any atom is 0.407 e. The maximum atomic E-state index is 13.2. The number of pyridine rings is 1. The van der Waals surface area contributed by atoms with Crippen molar-refractivity contribution in [2.75, 3.05) is 6.61 Å². The highest BCUT2D eigenvalue weighted by Crippen LogP contribution is 2.15. The Labute approximate surface area is 164 Å². The van der Waals surface area contributed by atoms with Gasteiger partial charge in [0, 0.05) is 11.1 Å². The molecule has 2 aromatic heterocycles. The van der Waals surface area contributed by atoms with Crippen LogP contribution in [-0.2, 0) is 11.3 Å².